The molecule has 21 heavy (non-hydrogen) atoms. The van der Waals surface area contributed by atoms with Crippen molar-refractivity contribution in [1.29, 1.82) is 0 Å². The van der Waals surface area contributed by atoms with Crippen molar-refractivity contribution in [3.63, 3.8) is 0 Å². The van der Waals surface area contributed by atoms with E-state index in [4.69, 9.17) is 4.42 Å². The molecule has 0 radical (unpaired) electrons. The van der Waals surface area contributed by atoms with Crippen molar-refractivity contribution in [2.45, 2.75) is 13.5 Å². The number of anilines is 1. The molecule has 0 saturated heterocycles. The number of nitrogens with one attached hydrogen (secondary N) is 1. The van der Waals surface area contributed by atoms with Gasteiger partial charge in [-0.2, -0.15) is 0 Å². The monoisotopic (exact) mass is 290 g/mol. The molecule has 0 spiro atoms. The van der Waals surface area contributed by atoms with Gasteiger partial charge in [-0.05, 0) is 36.4 Å². The van der Waals surface area contributed by atoms with Crippen molar-refractivity contribution in [1.82, 2.24) is 4.90 Å². The summed E-state index contributed by atoms with van der Waals surface area (Å²) in [7, 11) is 0. The number of hydrogen-bond donors (Lipinski definition) is 1. The lowest BCUT2D eigenvalue weighted by Gasteiger charge is -2.19. The first kappa shape index (κ1) is 14.8. The number of nitrogens with zero attached hydrogens (tertiary/aromatic N) is 1. The van der Waals surface area contributed by atoms with Crippen LogP contribution in [0.15, 0.2) is 47.1 Å². The highest BCUT2D eigenvalue weighted by Crippen LogP contribution is 2.09. The fraction of sp³-hybridized carbons (Fsp3) is 0.200. The van der Waals surface area contributed by atoms with Crippen molar-refractivity contribution >= 4 is 17.5 Å². The molecule has 1 N–H and O–H groups in total. The number of carbonyl (C=O) groups is 2. The number of benzene rings is 1. The second-order valence-electron chi connectivity index (χ2n) is 4.51. The Balaban J connectivity index is 1.95. The smallest absolute Gasteiger partial charge is 0.244 e. The van der Waals surface area contributed by atoms with Crippen LogP contribution in [0.1, 0.15) is 12.7 Å². The molecular weight excluding hydrogens is 275 g/mol. The van der Waals surface area contributed by atoms with Crippen LogP contribution in [0.3, 0.4) is 0 Å². The van der Waals surface area contributed by atoms with Crippen LogP contribution in [0.2, 0.25) is 0 Å². The molecule has 0 bridgehead atoms. The summed E-state index contributed by atoms with van der Waals surface area (Å²) in [6.07, 6.45) is 1.51. The molecule has 0 unspecified atom stereocenters. The maximum Gasteiger partial charge on any atom is 0.244 e. The molecule has 5 nitrogen and oxygen atoms in total. The molecule has 1 heterocycles. The largest absolute Gasteiger partial charge is 0.467 e. The summed E-state index contributed by atoms with van der Waals surface area (Å²) < 4.78 is 17.9. The SMILES string of the molecule is CC(=O)N(CC(=O)Nc1ccc(F)cc1)Cc1ccco1. The molecule has 6 heteroatoms. The summed E-state index contributed by atoms with van der Waals surface area (Å²) in [5.41, 5.74) is 0.475. The summed E-state index contributed by atoms with van der Waals surface area (Å²) in [6, 6.07) is 8.86. The summed E-state index contributed by atoms with van der Waals surface area (Å²) in [5.74, 6) is -0.375. The van der Waals surface area contributed by atoms with Gasteiger partial charge in [0.05, 0.1) is 12.8 Å². The minimum Gasteiger partial charge on any atom is -0.467 e. The summed E-state index contributed by atoms with van der Waals surface area (Å²) in [6.45, 7) is 1.50. The van der Waals surface area contributed by atoms with Crippen LogP contribution in [0.5, 0.6) is 0 Å². The Hall–Kier alpha value is -2.63. The number of amides is 2. The van der Waals surface area contributed by atoms with Crippen molar-refractivity contribution in [2.24, 2.45) is 0 Å². The van der Waals surface area contributed by atoms with Gasteiger partial charge in [0, 0.05) is 12.6 Å². The first-order chi connectivity index (χ1) is 10.0. The zero-order chi connectivity index (χ0) is 15.2. The molecule has 2 amide bonds. The maximum absolute atomic E-state index is 12.8. The van der Waals surface area contributed by atoms with Gasteiger partial charge >= 0.3 is 0 Å². The lowest BCUT2D eigenvalue weighted by Crippen LogP contribution is -2.36. The Labute approximate surface area is 121 Å². The molecule has 0 fully saturated rings. The van der Waals surface area contributed by atoms with Gasteiger partial charge in [-0.3, -0.25) is 9.59 Å². The van der Waals surface area contributed by atoms with E-state index in [9.17, 15) is 14.0 Å². The molecule has 1 aromatic heterocycles. The highest BCUT2D eigenvalue weighted by atomic mass is 19.1. The van der Waals surface area contributed by atoms with E-state index in [-0.39, 0.29) is 30.7 Å². The van der Waals surface area contributed by atoms with E-state index in [0.29, 0.717) is 11.4 Å². The predicted octanol–water partition coefficient (Wildman–Crippen LogP) is 2.41. The van der Waals surface area contributed by atoms with Crippen molar-refractivity contribution in [2.75, 3.05) is 11.9 Å². The Kier molecular flexibility index (Phi) is 4.71. The van der Waals surface area contributed by atoms with Crippen LogP contribution in [0, 0.1) is 5.82 Å². The predicted molar refractivity (Wildman–Crippen MR) is 74.8 cm³/mol. The molecule has 0 atom stereocenters. The standard InChI is InChI=1S/C15H15FN2O3/c1-11(19)18(9-14-3-2-8-21-14)10-15(20)17-13-6-4-12(16)5-7-13/h2-8H,9-10H2,1H3,(H,17,20). The quantitative estimate of drug-likeness (QED) is 0.919. The average molecular weight is 290 g/mol. The molecule has 0 aliphatic carbocycles. The Morgan fingerprint density at radius 1 is 1.24 bits per heavy atom. The minimum atomic E-state index is -0.379. The normalized spacial score (nSPS) is 10.2. The Bertz CT molecular complexity index is 608. The highest BCUT2D eigenvalue weighted by molar-refractivity contribution is 5.94. The fourth-order valence-corrected chi connectivity index (χ4v) is 1.78. The molecule has 2 rings (SSSR count). The lowest BCUT2D eigenvalue weighted by molar-refractivity contribution is -0.133. The number of hydrogen-bond acceptors (Lipinski definition) is 3. The van der Waals surface area contributed by atoms with E-state index in [1.165, 1.54) is 42.4 Å². The van der Waals surface area contributed by atoms with Crippen molar-refractivity contribution in [3.8, 4) is 0 Å². The third kappa shape index (κ3) is 4.45. The molecule has 0 aliphatic heterocycles. The first-order valence-electron chi connectivity index (χ1n) is 6.38. The summed E-state index contributed by atoms with van der Waals surface area (Å²) in [5, 5.41) is 2.60. The first-order valence-corrected chi connectivity index (χ1v) is 6.38. The summed E-state index contributed by atoms with van der Waals surface area (Å²) >= 11 is 0. The van der Waals surface area contributed by atoms with Crippen LogP contribution in [-0.4, -0.2) is 23.3 Å². The van der Waals surface area contributed by atoms with Gasteiger partial charge in [0.25, 0.3) is 0 Å². The van der Waals surface area contributed by atoms with E-state index < -0.39 is 0 Å². The third-order valence-electron chi connectivity index (χ3n) is 2.83. The van der Waals surface area contributed by atoms with Gasteiger partial charge < -0.3 is 14.6 Å². The third-order valence-corrected chi connectivity index (χ3v) is 2.83. The van der Waals surface area contributed by atoms with Gasteiger partial charge in [-0.1, -0.05) is 0 Å². The van der Waals surface area contributed by atoms with Gasteiger partial charge in [0.15, 0.2) is 0 Å². The van der Waals surface area contributed by atoms with E-state index in [0.717, 1.165) is 0 Å². The van der Waals surface area contributed by atoms with E-state index >= 15 is 0 Å². The fourth-order valence-electron chi connectivity index (χ4n) is 1.78. The highest BCUT2D eigenvalue weighted by Gasteiger charge is 2.15. The number of rotatable bonds is 5. The van der Waals surface area contributed by atoms with Gasteiger partial charge in [0.1, 0.15) is 18.1 Å². The van der Waals surface area contributed by atoms with Crippen LogP contribution in [0.25, 0.3) is 0 Å². The molecule has 0 aliphatic rings. The van der Waals surface area contributed by atoms with Crippen molar-refractivity contribution in [3.05, 3.63) is 54.2 Å². The van der Waals surface area contributed by atoms with Crippen LogP contribution in [-0.2, 0) is 16.1 Å². The molecule has 0 saturated carbocycles. The zero-order valence-corrected chi connectivity index (χ0v) is 11.5. The molecular formula is C15H15FN2O3. The van der Waals surface area contributed by atoms with E-state index in [1.54, 1.807) is 12.1 Å². The zero-order valence-electron chi connectivity index (χ0n) is 11.5. The minimum absolute atomic E-state index is 0.104. The number of carbonyl (C=O) groups excluding carboxylic acids is 2. The second kappa shape index (κ2) is 6.69. The maximum atomic E-state index is 12.8. The van der Waals surface area contributed by atoms with Crippen LogP contribution < -0.4 is 5.32 Å². The van der Waals surface area contributed by atoms with Gasteiger partial charge in [-0.15, -0.1) is 0 Å². The average Bonchev–Trinajstić information content (AvgIpc) is 2.93. The van der Waals surface area contributed by atoms with Gasteiger partial charge in [0.2, 0.25) is 11.8 Å². The Morgan fingerprint density at radius 3 is 2.52 bits per heavy atom. The topological polar surface area (TPSA) is 62.6 Å². The van der Waals surface area contributed by atoms with E-state index in [2.05, 4.69) is 5.32 Å². The Morgan fingerprint density at radius 2 is 1.95 bits per heavy atom. The second-order valence-corrected chi connectivity index (χ2v) is 4.51. The van der Waals surface area contributed by atoms with Crippen molar-refractivity contribution < 1.29 is 18.4 Å². The lowest BCUT2D eigenvalue weighted by atomic mass is 10.3. The van der Waals surface area contributed by atoms with Crippen LogP contribution in [0.4, 0.5) is 10.1 Å². The van der Waals surface area contributed by atoms with Gasteiger partial charge in [-0.25, -0.2) is 4.39 Å². The number of halogens is 1. The van der Waals surface area contributed by atoms with Crippen LogP contribution >= 0.6 is 0 Å². The molecule has 1 aromatic carbocycles. The molecule has 2 aromatic rings. The van der Waals surface area contributed by atoms with E-state index in [1.807, 2.05) is 0 Å². The summed E-state index contributed by atoms with van der Waals surface area (Å²) in [4.78, 5) is 24.8. The number of furan rings is 1. The molecule has 110 valence electrons.